The molecule has 0 bridgehead atoms. The van der Waals surface area contributed by atoms with Crippen molar-refractivity contribution in [2.75, 3.05) is 5.32 Å². The summed E-state index contributed by atoms with van der Waals surface area (Å²) in [6.45, 7) is -1.50. The molecule has 0 aliphatic heterocycles. The summed E-state index contributed by atoms with van der Waals surface area (Å²) in [7, 11) is 0. The summed E-state index contributed by atoms with van der Waals surface area (Å²) in [5.74, 6) is -1.02. The molecule has 1 unspecified atom stereocenters. The van der Waals surface area contributed by atoms with E-state index < -0.39 is 24.6 Å². The van der Waals surface area contributed by atoms with Crippen LogP contribution in [-0.4, -0.2) is 29.6 Å². The number of hydrogen-bond acceptors (Lipinski definition) is 5. The van der Waals surface area contributed by atoms with Gasteiger partial charge in [0, 0.05) is 12.3 Å². The molecule has 0 radical (unpaired) electrons. The molecule has 6 nitrogen and oxygen atoms in total. The van der Waals surface area contributed by atoms with Crippen LogP contribution in [0.25, 0.3) is 6.08 Å². The fourth-order valence-electron chi connectivity index (χ4n) is 1.87. The van der Waals surface area contributed by atoms with E-state index >= 15 is 0 Å². The number of benzene rings is 1. The third-order valence-corrected chi connectivity index (χ3v) is 3.38. The van der Waals surface area contributed by atoms with Crippen molar-refractivity contribution in [3.63, 3.8) is 0 Å². The van der Waals surface area contributed by atoms with Gasteiger partial charge in [-0.2, -0.15) is 8.78 Å². The van der Waals surface area contributed by atoms with Crippen molar-refractivity contribution in [2.45, 2.75) is 19.6 Å². The molecule has 0 aliphatic rings. The Labute approximate surface area is 158 Å². The number of anilines is 1. The van der Waals surface area contributed by atoms with Gasteiger partial charge in [-0.15, -0.1) is 0 Å². The maximum absolute atomic E-state index is 12.1. The van der Waals surface area contributed by atoms with E-state index in [-0.39, 0.29) is 11.6 Å². The van der Waals surface area contributed by atoms with Crippen LogP contribution in [-0.2, 0) is 14.3 Å². The summed E-state index contributed by atoms with van der Waals surface area (Å²) in [6.07, 6.45) is 2.85. The molecule has 1 amide bonds. The topological polar surface area (TPSA) is 77.5 Å². The number of alkyl halides is 2. The zero-order valence-electron chi connectivity index (χ0n) is 14.1. The molecule has 142 valence electrons. The summed E-state index contributed by atoms with van der Waals surface area (Å²) in [5.41, 5.74) is 0.566. The van der Waals surface area contributed by atoms with Gasteiger partial charge in [0.2, 0.25) is 0 Å². The Balaban J connectivity index is 1.85. The molecular weight excluding hydrogens is 382 g/mol. The number of amides is 1. The van der Waals surface area contributed by atoms with Crippen molar-refractivity contribution in [3.8, 4) is 5.75 Å². The van der Waals surface area contributed by atoms with Gasteiger partial charge in [0.05, 0.1) is 5.02 Å². The minimum atomic E-state index is -2.91. The molecule has 1 aromatic carbocycles. The van der Waals surface area contributed by atoms with E-state index in [9.17, 15) is 18.4 Å². The van der Waals surface area contributed by atoms with E-state index in [1.54, 1.807) is 6.07 Å². The van der Waals surface area contributed by atoms with E-state index in [0.717, 1.165) is 6.08 Å². The number of carbonyl (C=O) groups is 2. The highest BCUT2D eigenvalue weighted by molar-refractivity contribution is 6.30. The van der Waals surface area contributed by atoms with Crippen LogP contribution in [0.2, 0.25) is 5.02 Å². The maximum atomic E-state index is 12.1. The van der Waals surface area contributed by atoms with Crippen LogP contribution in [0.15, 0.2) is 48.7 Å². The fourth-order valence-corrected chi connectivity index (χ4v) is 1.98. The SMILES string of the molecule is CC(OC(=O)/C=C/c1ccc(OC(F)F)cc1)C(=O)Nc1ccc(Cl)cn1. The van der Waals surface area contributed by atoms with Gasteiger partial charge >= 0.3 is 12.6 Å². The average Bonchev–Trinajstić information content (AvgIpc) is 2.62. The lowest BCUT2D eigenvalue weighted by molar-refractivity contribution is -0.148. The Hall–Kier alpha value is -3.00. The van der Waals surface area contributed by atoms with E-state index in [0.29, 0.717) is 10.6 Å². The Morgan fingerprint density at radius 2 is 1.89 bits per heavy atom. The van der Waals surface area contributed by atoms with E-state index in [4.69, 9.17) is 16.3 Å². The molecule has 0 spiro atoms. The Morgan fingerprint density at radius 3 is 2.48 bits per heavy atom. The van der Waals surface area contributed by atoms with E-state index in [1.165, 1.54) is 49.5 Å². The smallest absolute Gasteiger partial charge is 0.387 e. The number of halogens is 3. The number of nitrogens with one attached hydrogen (secondary N) is 1. The lowest BCUT2D eigenvalue weighted by atomic mass is 10.2. The zero-order chi connectivity index (χ0) is 19.8. The summed E-state index contributed by atoms with van der Waals surface area (Å²) >= 11 is 5.70. The molecule has 9 heteroatoms. The molecule has 0 saturated carbocycles. The third-order valence-electron chi connectivity index (χ3n) is 3.16. The van der Waals surface area contributed by atoms with Crippen molar-refractivity contribution < 1.29 is 27.8 Å². The number of aromatic nitrogens is 1. The number of pyridine rings is 1. The van der Waals surface area contributed by atoms with Crippen LogP contribution >= 0.6 is 11.6 Å². The first-order chi connectivity index (χ1) is 12.8. The largest absolute Gasteiger partial charge is 0.449 e. The predicted octanol–water partition coefficient (Wildman–Crippen LogP) is 3.92. The molecular formula is C18H15ClF2N2O4. The summed E-state index contributed by atoms with van der Waals surface area (Å²) in [4.78, 5) is 27.7. The lowest BCUT2D eigenvalue weighted by Gasteiger charge is -2.11. The summed E-state index contributed by atoms with van der Waals surface area (Å²) in [5, 5.41) is 2.91. The molecule has 0 fully saturated rings. The predicted molar refractivity (Wildman–Crippen MR) is 95.5 cm³/mol. The summed E-state index contributed by atoms with van der Waals surface area (Å²) in [6, 6.07) is 8.73. The molecule has 27 heavy (non-hydrogen) atoms. The number of carbonyl (C=O) groups excluding carboxylic acids is 2. The molecule has 0 saturated heterocycles. The first-order valence-corrected chi connectivity index (χ1v) is 8.07. The van der Waals surface area contributed by atoms with Gasteiger partial charge in [0.1, 0.15) is 11.6 Å². The highest BCUT2D eigenvalue weighted by Gasteiger charge is 2.17. The number of nitrogens with zero attached hydrogens (tertiary/aromatic N) is 1. The van der Waals surface area contributed by atoms with Gasteiger partial charge in [-0.1, -0.05) is 23.7 Å². The van der Waals surface area contributed by atoms with Gasteiger partial charge in [-0.05, 0) is 42.8 Å². The van der Waals surface area contributed by atoms with Crippen LogP contribution in [0, 0.1) is 0 Å². The quantitative estimate of drug-likeness (QED) is 0.567. The normalized spacial score (nSPS) is 12.0. The number of hydrogen-bond donors (Lipinski definition) is 1. The monoisotopic (exact) mass is 396 g/mol. The van der Waals surface area contributed by atoms with Gasteiger partial charge in [-0.25, -0.2) is 9.78 Å². The zero-order valence-corrected chi connectivity index (χ0v) is 14.8. The molecule has 1 aromatic heterocycles. The molecule has 1 heterocycles. The third kappa shape index (κ3) is 7.02. The molecule has 2 aromatic rings. The van der Waals surface area contributed by atoms with Crippen LogP contribution in [0.5, 0.6) is 5.75 Å². The van der Waals surface area contributed by atoms with Gasteiger partial charge in [0.25, 0.3) is 5.91 Å². The minimum absolute atomic E-state index is 0.00540. The van der Waals surface area contributed by atoms with Gasteiger partial charge in [0.15, 0.2) is 6.10 Å². The number of rotatable bonds is 7. The standard InChI is InChI=1S/C18H15ClF2N2O4/c1-11(17(25)23-15-8-5-13(19)10-22-15)26-16(24)9-4-12-2-6-14(7-3-12)27-18(20)21/h2-11,18H,1H3,(H,22,23,25)/b9-4+. The second-order valence-corrected chi connectivity index (χ2v) is 5.65. The van der Waals surface area contributed by atoms with Gasteiger partial charge < -0.3 is 14.8 Å². The first-order valence-electron chi connectivity index (χ1n) is 7.69. The first kappa shape index (κ1) is 20.3. The van der Waals surface area contributed by atoms with Crippen LogP contribution in [0.3, 0.4) is 0 Å². The summed E-state index contributed by atoms with van der Waals surface area (Å²) < 4.78 is 33.4. The average molecular weight is 397 g/mol. The van der Waals surface area contributed by atoms with Crippen LogP contribution < -0.4 is 10.1 Å². The Kier molecular flexibility index (Phi) is 7.25. The Bertz CT molecular complexity index is 811. The molecule has 2 rings (SSSR count). The molecule has 1 N–H and O–H groups in total. The van der Waals surface area contributed by atoms with Gasteiger partial charge in [-0.3, -0.25) is 4.79 Å². The fraction of sp³-hybridized carbons (Fsp3) is 0.167. The van der Waals surface area contributed by atoms with Crippen molar-refractivity contribution in [1.82, 2.24) is 4.98 Å². The maximum Gasteiger partial charge on any atom is 0.387 e. The minimum Gasteiger partial charge on any atom is -0.449 e. The van der Waals surface area contributed by atoms with Crippen molar-refractivity contribution in [2.24, 2.45) is 0 Å². The number of ether oxygens (including phenoxy) is 2. The van der Waals surface area contributed by atoms with Crippen molar-refractivity contribution >= 4 is 35.4 Å². The highest BCUT2D eigenvalue weighted by atomic mass is 35.5. The van der Waals surface area contributed by atoms with E-state index in [1.807, 2.05) is 0 Å². The Morgan fingerprint density at radius 1 is 1.19 bits per heavy atom. The van der Waals surface area contributed by atoms with Crippen LogP contribution in [0.4, 0.5) is 14.6 Å². The van der Waals surface area contributed by atoms with Crippen molar-refractivity contribution in [1.29, 1.82) is 0 Å². The highest BCUT2D eigenvalue weighted by Crippen LogP contribution is 2.16. The lowest BCUT2D eigenvalue weighted by Crippen LogP contribution is -2.29. The number of esters is 1. The second kappa shape index (κ2) is 9.63. The van der Waals surface area contributed by atoms with Crippen molar-refractivity contribution in [3.05, 3.63) is 59.3 Å². The second-order valence-electron chi connectivity index (χ2n) is 5.21. The molecule has 1 atom stereocenters. The van der Waals surface area contributed by atoms with Crippen LogP contribution in [0.1, 0.15) is 12.5 Å². The van der Waals surface area contributed by atoms with E-state index in [2.05, 4.69) is 15.0 Å². The molecule has 0 aliphatic carbocycles.